The predicted molar refractivity (Wildman–Crippen MR) is 71.9 cm³/mol. The molecule has 7 nitrogen and oxygen atoms in total. The molecular formula is C13H12O7S. The summed E-state index contributed by atoms with van der Waals surface area (Å²) in [5.74, 6) is -3.60. The molecule has 0 atom stereocenters. The molecule has 0 aliphatic rings. The molecule has 1 rings (SSSR count). The quantitative estimate of drug-likeness (QED) is 0.562. The van der Waals surface area contributed by atoms with Crippen molar-refractivity contribution in [2.24, 2.45) is 0 Å². The van der Waals surface area contributed by atoms with Crippen LogP contribution in [0.1, 0.15) is 16.8 Å². The number of carboxylic acid groups (broad SMARTS) is 2. The Hall–Kier alpha value is -2.48. The number of hydrogen-bond donors (Lipinski definition) is 2. The van der Waals surface area contributed by atoms with E-state index < -0.39 is 39.7 Å². The van der Waals surface area contributed by atoms with Gasteiger partial charge < -0.3 is 10.2 Å². The van der Waals surface area contributed by atoms with Gasteiger partial charge in [-0.15, -0.1) is 0 Å². The van der Waals surface area contributed by atoms with Crippen molar-refractivity contribution < 1.29 is 33.0 Å². The Labute approximate surface area is 120 Å². The number of rotatable bonds is 7. The molecule has 0 spiro atoms. The largest absolute Gasteiger partial charge is 0.481 e. The van der Waals surface area contributed by atoms with E-state index in [1.54, 1.807) is 0 Å². The van der Waals surface area contributed by atoms with E-state index in [1.807, 2.05) is 0 Å². The fourth-order valence-corrected chi connectivity index (χ4v) is 2.64. The van der Waals surface area contributed by atoms with Gasteiger partial charge in [0.1, 0.15) is 0 Å². The molecule has 1 aromatic carbocycles. The minimum Gasteiger partial charge on any atom is -0.481 e. The second-order valence-electron chi connectivity index (χ2n) is 4.02. The summed E-state index contributed by atoms with van der Waals surface area (Å²) in [5.41, 5.74) is 0.129. The van der Waals surface area contributed by atoms with Crippen LogP contribution in [0.15, 0.2) is 41.3 Å². The SMILES string of the molecule is O=C(O)/C=C/C(=O)c1ccc(S(=O)(=O)CCC(=O)O)cc1. The van der Waals surface area contributed by atoms with Gasteiger partial charge in [-0.1, -0.05) is 0 Å². The van der Waals surface area contributed by atoms with Crippen LogP contribution in [0, 0.1) is 0 Å². The van der Waals surface area contributed by atoms with Crippen LogP contribution in [0.2, 0.25) is 0 Å². The van der Waals surface area contributed by atoms with E-state index in [-0.39, 0.29) is 10.5 Å². The number of carbonyl (C=O) groups is 3. The van der Waals surface area contributed by atoms with Crippen molar-refractivity contribution in [3.63, 3.8) is 0 Å². The van der Waals surface area contributed by atoms with Crippen LogP contribution in [-0.4, -0.2) is 42.1 Å². The van der Waals surface area contributed by atoms with Crippen molar-refractivity contribution in [1.29, 1.82) is 0 Å². The number of ketones is 1. The van der Waals surface area contributed by atoms with Crippen molar-refractivity contribution in [3.05, 3.63) is 42.0 Å². The number of sulfone groups is 1. The van der Waals surface area contributed by atoms with Gasteiger partial charge in [0.05, 0.1) is 17.1 Å². The number of benzene rings is 1. The molecule has 0 radical (unpaired) electrons. The Morgan fingerprint density at radius 3 is 2.05 bits per heavy atom. The molecule has 0 amide bonds. The average Bonchev–Trinajstić information content (AvgIpc) is 2.43. The number of carboxylic acids is 2. The van der Waals surface area contributed by atoms with Crippen molar-refractivity contribution in [3.8, 4) is 0 Å². The number of hydrogen-bond acceptors (Lipinski definition) is 5. The molecule has 2 N–H and O–H groups in total. The maximum Gasteiger partial charge on any atom is 0.328 e. The zero-order valence-corrected chi connectivity index (χ0v) is 11.5. The van der Waals surface area contributed by atoms with Gasteiger partial charge >= 0.3 is 11.9 Å². The van der Waals surface area contributed by atoms with Crippen molar-refractivity contribution in [1.82, 2.24) is 0 Å². The lowest BCUT2D eigenvalue weighted by molar-refractivity contribution is -0.136. The summed E-state index contributed by atoms with van der Waals surface area (Å²) in [6, 6.07) is 4.84. The molecule has 0 aromatic heterocycles. The standard InChI is InChI=1S/C13H12O7S/c14-11(5-6-12(15)16)9-1-3-10(4-2-9)21(19,20)8-7-13(17)18/h1-6H,7-8H2,(H,15,16)(H,17,18)/b6-5+. The van der Waals surface area contributed by atoms with E-state index in [0.717, 1.165) is 6.08 Å². The van der Waals surface area contributed by atoms with Gasteiger partial charge in [0.15, 0.2) is 15.6 Å². The zero-order valence-electron chi connectivity index (χ0n) is 10.7. The van der Waals surface area contributed by atoms with Crippen LogP contribution in [0.25, 0.3) is 0 Å². The lowest BCUT2D eigenvalue weighted by Gasteiger charge is -2.03. The van der Waals surface area contributed by atoms with Gasteiger partial charge in [0.2, 0.25) is 0 Å². The van der Waals surface area contributed by atoms with Gasteiger partial charge in [0.25, 0.3) is 0 Å². The third-order valence-corrected chi connectivity index (χ3v) is 4.19. The summed E-state index contributed by atoms with van der Waals surface area (Å²) < 4.78 is 23.6. The first-order chi connectivity index (χ1) is 9.72. The van der Waals surface area contributed by atoms with E-state index in [4.69, 9.17) is 10.2 Å². The van der Waals surface area contributed by atoms with E-state index in [1.165, 1.54) is 24.3 Å². The number of carbonyl (C=O) groups excluding carboxylic acids is 1. The van der Waals surface area contributed by atoms with Crippen LogP contribution in [0.4, 0.5) is 0 Å². The molecule has 112 valence electrons. The lowest BCUT2D eigenvalue weighted by Crippen LogP contribution is -2.11. The number of aliphatic carboxylic acids is 2. The highest BCUT2D eigenvalue weighted by Gasteiger charge is 2.16. The summed E-state index contributed by atoms with van der Waals surface area (Å²) in [6.07, 6.45) is 1.03. The minimum absolute atomic E-state index is 0.0949. The summed E-state index contributed by atoms with van der Waals surface area (Å²) >= 11 is 0. The number of allylic oxidation sites excluding steroid dienone is 1. The van der Waals surface area contributed by atoms with Gasteiger partial charge in [0, 0.05) is 11.6 Å². The van der Waals surface area contributed by atoms with Gasteiger partial charge in [-0.2, -0.15) is 0 Å². The van der Waals surface area contributed by atoms with E-state index >= 15 is 0 Å². The fraction of sp³-hybridized carbons (Fsp3) is 0.154. The molecule has 8 heteroatoms. The lowest BCUT2D eigenvalue weighted by atomic mass is 10.1. The van der Waals surface area contributed by atoms with Crippen LogP contribution in [0.5, 0.6) is 0 Å². The Kier molecular flexibility index (Phi) is 5.37. The molecule has 0 aliphatic heterocycles. The van der Waals surface area contributed by atoms with E-state index in [9.17, 15) is 22.8 Å². The Morgan fingerprint density at radius 1 is 1.00 bits per heavy atom. The zero-order chi connectivity index (χ0) is 16.0. The highest BCUT2D eigenvalue weighted by Crippen LogP contribution is 2.14. The smallest absolute Gasteiger partial charge is 0.328 e. The summed E-state index contributed by atoms with van der Waals surface area (Å²) in [6.45, 7) is 0. The molecule has 21 heavy (non-hydrogen) atoms. The molecule has 1 aromatic rings. The van der Waals surface area contributed by atoms with Gasteiger partial charge in [-0.3, -0.25) is 9.59 Å². The predicted octanol–water partition coefficient (Wildman–Crippen LogP) is 0.759. The van der Waals surface area contributed by atoms with Crippen molar-refractivity contribution in [2.75, 3.05) is 5.75 Å². The summed E-state index contributed by atoms with van der Waals surface area (Å²) in [4.78, 5) is 32.1. The van der Waals surface area contributed by atoms with Crippen molar-refractivity contribution in [2.45, 2.75) is 11.3 Å². The van der Waals surface area contributed by atoms with Crippen LogP contribution in [0.3, 0.4) is 0 Å². The first-order valence-corrected chi connectivity index (χ1v) is 7.37. The van der Waals surface area contributed by atoms with Crippen LogP contribution < -0.4 is 0 Å². The van der Waals surface area contributed by atoms with Crippen LogP contribution >= 0.6 is 0 Å². The second kappa shape index (κ2) is 6.80. The normalized spacial score (nSPS) is 11.4. The van der Waals surface area contributed by atoms with E-state index in [0.29, 0.717) is 6.08 Å². The van der Waals surface area contributed by atoms with E-state index in [2.05, 4.69) is 0 Å². The Bertz CT molecular complexity index is 684. The van der Waals surface area contributed by atoms with Crippen molar-refractivity contribution >= 4 is 27.6 Å². The molecule has 0 unspecified atom stereocenters. The van der Waals surface area contributed by atoms with Crippen LogP contribution in [-0.2, 0) is 19.4 Å². The third-order valence-electron chi connectivity index (χ3n) is 2.46. The molecule has 0 heterocycles. The highest BCUT2D eigenvalue weighted by atomic mass is 32.2. The maximum atomic E-state index is 11.8. The average molecular weight is 312 g/mol. The molecule has 0 bridgehead atoms. The minimum atomic E-state index is -3.73. The maximum absolute atomic E-state index is 11.8. The molecule has 0 aliphatic carbocycles. The first kappa shape index (κ1) is 16.6. The fourth-order valence-electron chi connectivity index (χ4n) is 1.41. The summed E-state index contributed by atoms with van der Waals surface area (Å²) in [5, 5.41) is 16.9. The summed E-state index contributed by atoms with van der Waals surface area (Å²) in [7, 11) is -3.73. The third kappa shape index (κ3) is 5.19. The monoisotopic (exact) mass is 312 g/mol. The second-order valence-corrected chi connectivity index (χ2v) is 6.13. The molecule has 0 saturated heterocycles. The Balaban J connectivity index is 2.89. The molecule has 0 saturated carbocycles. The van der Waals surface area contributed by atoms with Gasteiger partial charge in [-0.25, -0.2) is 13.2 Å². The molecular weight excluding hydrogens is 300 g/mol. The molecule has 0 fully saturated rings. The highest BCUT2D eigenvalue weighted by molar-refractivity contribution is 7.91. The topological polar surface area (TPSA) is 126 Å². The van der Waals surface area contributed by atoms with Gasteiger partial charge in [-0.05, 0) is 30.3 Å². The first-order valence-electron chi connectivity index (χ1n) is 5.72. The Morgan fingerprint density at radius 2 is 1.57 bits per heavy atom.